The monoisotopic (exact) mass is 141 g/mol. The average molecular weight is 141 g/mol. The van der Waals surface area contributed by atoms with Crippen molar-refractivity contribution in [1.82, 2.24) is 5.32 Å². The van der Waals surface area contributed by atoms with Crippen LogP contribution in [0.15, 0.2) is 0 Å². The molecule has 2 atom stereocenters. The van der Waals surface area contributed by atoms with Gasteiger partial charge in [-0.1, -0.05) is 20.8 Å². The van der Waals surface area contributed by atoms with Crippen LogP contribution in [0.3, 0.4) is 0 Å². The highest BCUT2D eigenvalue weighted by atomic mass is 14.9. The van der Waals surface area contributed by atoms with Gasteiger partial charge in [0.15, 0.2) is 0 Å². The van der Waals surface area contributed by atoms with Crippen molar-refractivity contribution >= 4 is 0 Å². The van der Waals surface area contributed by atoms with Gasteiger partial charge in [0.25, 0.3) is 0 Å². The number of hydrogen-bond donors (Lipinski definition) is 1. The van der Waals surface area contributed by atoms with E-state index in [4.69, 9.17) is 0 Å². The first-order valence-corrected chi connectivity index (χ1v) is 4.25. The fourth-order valence-electron chi connectivity index (χ4n) is 2.37. The van der Waals surface area contributed by atoms with Crippen LogP contribution in [0, 0.1) is 11.3 Å². The number of rotatable bonds is 1. The summed E-state index contributed by atoms with van der Waals surface area (Å²) in [5.41, 5.74) is 0.522. The van der Waals surface area contributed by atoms with Gasteiger partial charge < -0.3 is 5.32 Å². The maximum absolute atomic E-state index is 3.40. The Morgan fingerprint density at radius 1 is 1.40 bits per heavy atom. The minimum Gasteiger partial charge on any atom is -0.316 e. The van der Waals surface area contributed by atoms with E-state index in [2.05, 4.69) is 33.1 Å². The molecule has 1 nitrogen and oxygen atoms in total. The van der Waals surface area contributed by atoms with Crippen LogP contribution >= 0.6 is 0 Å². The van der Waals surface area contributed by atoms with Crippen LogP contribution in [0.25, 0.3) is 0 Å². The standard InChI is InChI=1S/C9H19N/c1-7-5-6-9(2,3)8(7)10-4/h7-8,10H,5-6H2,1-4H3. The highest BCUT2D eigenvalue weighted by Gasteiger charge is 2.38. The summed E-state index contributed by atoms with van der Waals surface area (Å²) in [5.74, 6) is 0.861. The van der Waals surface area contributed by atoms with Crippen LogP contribution in [-0.2, 0) is 0 Å². The zero-order chi connectivity index (χ0) is 7.78. The molecule has 0 aromatic carbocycles. The molecule has 0 bridgehead atoms. The third kappa shape index (κ3) is 1.20. The predicted molar refractivity (Wildman–Crippen MR) is 45.0 cm³/mol. The number of nitrogens with one attached hydrogen (secondary N) is 1. The van der Waals surface area contributed by atoms with E-state index in [1.807, 2.05) is 0 Å². The molecule has 0 aliphatic heterocycles. The van der Waals surface area contributed by atoms with Crippen LogP contribution in [0.4, 0.5) is 0 Å². The lowest BCUT2D eigenvalue weighted by Crippen LogP contribution is -2.38. The van der Waals surface area contributed by atoms with Crippen molar-refractivity contribution in [2.45, 2.75) is 39.7 Å². The molecule has 1 fully saturated rings. The molecule has 0 radical (unpaired) electrons. The summed E-state index contributed by atoms with van der Waals surface area (Å²) in [7, 11) is 2.08. The summed E-state index contributed by atoms with van der Waals surface area (Å²) in [5, 5.41) is 3.40. The normalized spacial score (nSPS) is 38.4. The van der Waals surface area contributed by atoms with E-state index in [0.29, 0.717) is 5.41 Å². The third-order valence-corrected chi connectivity index (χ3v) is 2.97. The van der Waals surface area contributed by atoms with Crippen molar-refractivity contribution in [3.05, 3.63) is 0 Å². The van der Waals surface area contributed by atoms with Gasteiger partial charge in [0.2, 0.25) is 0 Å². The van der Waals surface area contributed by atoms with E-state index in [9.17, 15) is 0 Å². The second-order valence-corrected chi connectivity index (χ2v) is 4.27. The molecule has 1 rings (SSSR count). The van der Waals surface area contributed by atoms with Gasteiger partial charge in [-0.25, -0.2) is 0 Å². The molecular weight excluding hydrogens is 122 g/mol. The Morgan fingerprint density at radius 2 is 2.00 bits per heavy atom. The summed E-state index contributed by atoms with van der Waals surface area (Å²) in [6.07, 6.45) is 2.76. The quantitative estimate of drug-likeness (QED) is 0.589. The molecule has 2 unspecified atom stereocenters. The van der Waals surface area contributed by atoms with Crippen molar-refractivity contribution < 1.29 is 0 Å². The first-order chi connectivity index (χ1) is 4.58. The summed E-state index contributed by atoms with van der Waals surface area (Å²) in [6, 6.07) is 0.729. The minimum absolute atomic E-state index is 0.522. The lowest BCUT2D eigenvalue weighted by Gasteiger charge is -2.28. The summed E-state index contributed by atoms with van der Waals surface area (Å²) in [6.45, 7) is 7.06. The van der Waals surface area contributed by atoms with Crippen molar-refractivity contribution in [3.8, 4) is 0 Å². The van der Waals surface area contributed by atoms with Crippen molar-refractivity contribution in [2.75, 3.05) is 7.05 Å². The molecule has 0 amide bonds. The molecule has 0 aromatic rings. The molecule has 0 heterocycles. The fraction of sp³-hybridized carbons (Fsp3) is 1.00. The van der Waals surface area contributed by atoms with Gasteiger partial charge in [0, 0.05) is 6.04 Å². The van der Waals surface area contributed by atoms with Crippen LogP contribution < -0.4 is 5.32 Å². The molecule has 0 spiro atoms. The largest absolute Gasteiger partial charge is 0.316 e. The van der Waals surface area contributed by atoms with Gasteiger partial charge >= 0.3 is 0 Å². The Balaban J connectivity index is 2.63. The molecule has 60 valence electrons. The van der Waals surface area contributed by atoms with Crippen molar-refractivity contribution in [1.29, 1.82) is 0 Å². The predicted octanol–water partition coefficient (Wildman–Crippen LogP) is 2.03. The Hall–Kier alpha value is -0.0400. The van der Waals surface area contributed by atoms with E-state index in [-0.39, 0.29) is 0 Å². The fourth-order valence-corrected chi connectivity index (χ4v) is 2.37. The minimum atomic E-state index is 0.522. The molecule has 0 saturated heterocycles. The topological polar surface area (TPSA) is 12.0 Å². The van der Waals surface area contributed by atoms with E-state index in [0.717, 1.165) is 12.0 Å². The summed E-state index contributed by atoms with van der Waals surface area (Å²) in [4.78, 5) is 0. The molecule has 0 aromatic heterocycles. The zero-order valence-corrected chi connectivity index (χ0v) is 7.57. The molecule has 10 heavy (non-hydrogen) atoms. The zero-order valence-electron chi connectivity index (χ0n) is 7.57. The Bertz CT molecular complexity index is 118. The van der Waals surface area contributed by atoms with Gasteiger partial charge in [-0.3, -0.25) is 0 Å². The van der Waals surface area contributed by atoms with E-state index < -0.39 is 0 Å². The lowest BCUT2D eigenvalue weighted by molar-refractivity contribution is 0.269. The van der Waals surface area contributed by atoms with Gasteiger partial charge in [-0.15, -0.1) is 0 Å². The number of hydrogen-bond acceptors (Lipinski definition) is 1. The molecular formula is C9H19N. The third-order valence-electron chi connectivity index (χ3n) is 2.97. The average Bonchev–Trinajstić information content (AvgIpc) is 2.07. The molecule has 1 heteroatoms. The van der Waals surface area contributed by atoms with Gasteiger partial charge in [-0.05, 0) is 31.2 Å². The van der Waals surface area contributed by atoms with Crippen LogP contribution in [-0.4, -0.2) is 13.1 Å². The molecule has 1 aliphatic rings. The van der Waals surface area contributed by atoms with Crippen molar-refractivity contribution in [2.24, 2.45) is 11.3 Å². The van der Waals surface area contributed by atoms with Gasteiger partial charge in [0.05, 0.1) is 0 Å². The second kappa shape index (κ2) is 2.54. The van der Waals surface area contributed by atoms with Crippen LogP contribution in [0.5, 0.6) is 0 Å². The molecule has 1 saturated carbocycles. The van der Waals surface area contributed by atoms with Gasteiger partial charge in [-0.2, -0.15) is 0 Å². The van der Waals surface area contributed by atoms with Crippen molar-refractivity contribution in [3.63, 3.8) is 0 Å². The van der Waals surface area contributed by atoms with E-state index in [1.165, 1.54) is 12.8 Å². The van der Waals surface area contributed by atoms with Gasteiger partial charge in [0.1, 0.15) is 0 Å². The second-order valence-electron chi connectivity index (χ2n) is 4.27. The smallest absolute Gasteiger partial charge is 0.0141 e. The summed E-state index contributed by atoms with van der Waals surface area (Å²) < 4.78 is 0. The first-order valence-electron chi connectivity index (χ1n) is 4.25. The Labute approximate surface area is 64.2 Å². The Morgan fingerprint density at radius 3 is 2.20 bits per heavy atom. The van der Waals surface area contributed by atoms with E-state index >= 15 is 0 Å². The van der Waals surface area contributed by atoms with Crippen LogP contribution in [0.2, 0.25) is 0 Å². The molecule has 1 aliphatic carbocycles. The van der Waals surface area contributed by atoms with E-state index in [1.54, 1.807) is 0 Å². The first kappa shape index (κ1) is 8.06. The maximum Gasteiger partial charge on any atom is 0.0141 e. The maximum atomic E-state index is 3.40. The van der Waals surface area contributed by atoms with Crippen LogP contribution in [0.1, 0.15) is 33.6 Å². The highest BCUT2D eigenvalue weighted by Crippen LogP contribution is 2.40. The Kier molecular flexibility index (Phi) is 2.04. The highest BCUT2D eigenvalue weighted by molar-refractivity contribution is 4.93. The lowest BCUT2D eigenvalue weighted by atomic mass is 9.85. The molecule has 1 N–H and O–H groups in total. The summed E-state index contributed by atoms with van der Waals surface area (Å²) >= 11 is 0. The SMILES string of the molecule is CNC1C(C)CCC1(C)C.